The van der Waals surface area contributed by atoms with Crippen molar-refractivity contribution in [1.82, 2.24) is 4.98 Å². The summed E-state index contributed by atoms with van der Waals surface area (Å²) in [4.78, 5) is 3.82. The lowest BCUT2D eigenvalue weighted by Gasteiger charge is -2.07. The first-order valence-corrected chi connectivity index (χ1v) is 7.14. The highest BCUT2D eigenvalue weighted by Gasteiger charge is 2.30. The SMILES string of the molecule is FC(F)(F)c1ccc(SCc2ccccc2Br)nc1. The first-order valence-electron chi connectivity index (χ1n) is 5.36. The third-order valence-corrected chi connectivity index (χ3v) is 4.16. The average molecular weight is 348 g/mol. The Morgan fingerprint density at radius 3 is 2.42 bits per heavy atom. The minimum atomic E-state index is -4.33. The molecule has 1 heterocycles. The molecule has 19 heavy (non-hydrogen) atoms. The maximum Gasteiger partial charge on any atom is 0.417 e. The molecule has 0 N–H and O–H groups in total. The summed E-state index contributed by atoms with van der Waals surface area (Å²) >= 11 is 4.82. The van der Waals surface area contributed by atoms with Crippen molar-refractivity contribution in [3.05, 3.63) is 58.2 Å². The van der Waals surface area contributed by atoms with Crippen molar-refractivity contribution in [2.75, 3.05) is 0 Å². The van der Waals surface area contributed by atoms with Gasteiger partial charge in [0.25, 0.3) is 0 Å². The van der Waals surface area contributed by atoms with Crippen molar-refractivity contribution in [1.29, 1.82) is 0 Å². The second-order valence-corrected chi connectivity index (χ2v) is 5.61. The number of alkyl halides is 3. The van der Waals surface area contributed by atoms with E-state index in [0.717, 1.165) is 22.3 Å². The van der Waals surface area contributed by atoms with Gasteiger partial charge in [-0.05, 0) is 23.8 Å². The lowest BCUT2D eigenvalue weighted by Crippen LogP contribution is -2.05. The molecule has 6 heteroatoms. The summed E-state index contributed by atoms with van der Waals surface area (Å²) in [5, 5.41) is 0.573. The highest BCUT2D eigenvalue weighted by atomic mass is 79.9. The number of aromatic nitrogens is 1. The summed E-state index contributed by atoms with van der Waals surface area (Å²) in [5.41, 5.74) is 0.354. The Morgan fingerprint density at radius 2 is 1.84 bits per heavy atom. The molecule has 0 fully saturated rings. The van der Waals surface area contributed by atoms with Crippen LogP contribution in [0.15, 0.2) is 52.1 Å². The molecule has 100 valence electrons. The molecule has 2 aromatic rings. The van der Waals surface area contributed by atoms with Gasteiger partial charge in [-0.15, -0.1) is 11.8 Å². The molecule has 0 aliphatic heterocycles. The molecule has 0 spiro atoms. The summed E-state index contributed by atoms with van der Waals surface area (Å²) in [7, 11) is 0. The maximum atomic E-state index is 12.4. The van der Waals surface area contributed by atoms with Crippen LogP contribution < -0.4 is 0 Å². The monoisotopic (exact) mass is 347 g/mol. The fourth-order valence-corrected chi connectivity index (χ4v) is 2.86. The Morgan fingerprint density at radius 1 is 1.11 bits per heavy atom. The van der Waals surface area contributed by atoms with Crippen molar-refractivity contribution in [3.8, 4) is 0 Å². The van der Waals surface area contributed by atoms with E-state index in [-0.39, 0.29) is 0 Å². The summed E-state index contributed by atoms with van der Waals surface area (Å²) < 4.78 is 38.1. The quantitative estimate of drug-likeness (QED) is 0.711. The van der Waals surface area contributed by atoms with Gasteiger partial charge in [0.05, 0.1) is 10.6 Å². The van der Waals surface area contributed by atoms with Crippen molar-refractivity contribution >= 4 is 27.7 Å². The van der Waals surface area contributed by atoms with Crippen LogP contribution in [-0.2, 0) is 11.9 Å². The van der Waals surface area contributed by atoms with E-state index in [1.807, 2.05) is 24.3 Å². The first-order chi connectivity index (χ1) is 8.97. The number of hydrogen-bond acceptors (Lipinski definition) is 2. The van der Waals surface area contributed by atoms with E-state index < -0.39 is 11.7 Å². The van der Waals surface area contributed by atoms with Gasteiger partial charge < -0.3 is 0 Å². The predicted octanol–water partition coefficient (Wildman–Crippen LogP) is 5.16. The van der Waals surface area contributed by atoms with Gasteiger partial charge in [0, 0.05) is 16.4 Å². The maximum absolute atomic E-state index is 12.4. The Labute approximate surface area is 121 Å². The fraction of sp³-hybridized carbons (Fsp3) is 0.154. The van der Waals surface area contributed by atoms with Crippen LogP contribution in [0.1, 0.15) is 11.1 Å². The van der Waals surface area contributed by atoms with Crippen LogP contribution in [0, 0.1) is 0 Å². The van der Waals surface area contributed by atoms with Gasteiger partial charge in [-0.25, -0.2) is 4.98 Å². The van der Waals surface area contributed by atoms with E-state index in [0.29, 0.717) is 10.8 Å². The molecule has 1 nitrogen and oxygen atoms in total. The van der Waals surface area contributed by atoms with Crippen molar-refractivity contribution in [2.24, 2.45) is 0 Å². The third-order valence-electron chi connectivity index (χ3n) is 2.40. The van der Waals surface area contributed by atoms with Gasteiger partial charge in [0.15, 0.2) is 0 Å². The normalized spacial score (nSPS) is 11.6. The number of thioether (sulfide) groups is 1. The Kier molecular flexibility index (Phi) is 4.52. The Balaban J connectivity index is 2.03. The van der Waals surface area contributed by atoms with E-state index in [2.05, 4.69) is 20.9 Å². The van der Waals surface area contributed by atoms with E-state index in [9.17, 15) is 13.2 Å². The second kappa shape index (κ2) is 5.96. The van der Waals surface area contributed by atoms with E-state index >= 15 is 0 Å². The minimum absolute atomic E-state index is 0.573. The third kappa shape index (κ3) is 3.98. The standard InChI is InChI=1S/C13H9BrF3NS/c14-11-4-2-1-3-9(11)8-19-12-6-5-10(7-18-12)13(15,16)17/h1-7H,8H2. The number of nitrogens with zero attached hydrogens (tertiary/aromatic N) is 1. The number of benzene rings is 1. The summed E-state index contributed by atoms with van der Waals surface area (Å²) in [6.07, 6.45) is -3.47. The lowest BCUT2D eigenvalue weighted by atomic mass is 10.2. The van der Waals surface area contributed by atoms with Crippen molar-refractivity contribution < 1.29 is 13.2 Å². The number of hydrogen-bond donors (Lipinski definition) is 0. The van der Waals surface area contributed by atoms with Crippen LogP contribution in [0.25, 0.3) is 0 Å². The van der Waals surface area contributed by atoms with E-state index in [4.69, 9.17) is 0 Å². The largest absolute Gasteiger partial charge is 0.417 e. The van der Waals surface area contributed by atoms with Crippen LogP contribution >= 0.6 is 27.7 Å². The van der Waals surface area contributed by atoms with E-state index in [1.54, 1.807) is 0 Å². The summed E-state index contributed by atoms with van der Waals surface area (Å²) in [6.45, 7) is 0. The van der Waals surface area contributed by atoms with Crippen LogP contribution in [0.5, 0.6) is 0 Å². The summed E-state index contributed by atoms with van der Waals surface area (Å²) in [6, 6.07) is 10.2. The van der Waals surface area contributed by atoms with Crippen LogP contribution in [0.3, 0.4) is 0 Å². The van der Waals surface area contributed by atoms with Gasteiger partial charge in [0.2, 0.25) is 0 Å². The number of rotatable bonds is 3. The van der Waals surface area contributed by atoms with Crippen molar-refractivity contribution in [3.63, 3.8) is 0 Å². The topological polar surface area (TPSA) is 12.9 Å². The molecule has 1 aromatic heterocycles. The fourth-order valence-electron chi connectivity index (χ4n) is 1.40. The smallest absolute Gasteiger partial charge is 0.249 e. The zero-order chi connectivity index (χ0) is 13.9. The molecule has 0 saturated carbocycles. The van der Waals surface area contributed by atoms with Gasteiger partial charge in [0.1, 0.15) is 0 Å². The first kappa shape index (κ1) is 14.4. The highest BCUT2D eigenvalue weighted by molar-refractivity contribution is 9.10. The van der Waals surface area contributed by atoms with E-state index in [1.165, 1.54) is 17.8 Å². The van der Waals surface area contributed by atoms with Gasteiger partial charge in [-0.1, -0.05) is 34.1 Å². The van der Waals surface area contributed by atoms with Crippen molar-refractivity contribution in [2.45, 2.75) is 17.0 Å². The zero-order valence-corrected chi connectivity index (χ0v) is 12.0. The van der Waals surface area contributed by atoms with Gasteiger partial charge in [-0.2, -0.15) is 13.2 Å². The molecule has 0 amide bonds. The molecule has 0 radical (unpaired) electrons. The molecule has 0 atom stereocenters. The molecule has 0 unspecified atom stereocenters. The zero-order valence-electron chi connectivity index (χ0n) is 9.62. The molecule has 0 bridgehead atoms. The predicted molar refractivity (Wildman–Crippen MR) is 72.9 cm³/mol. The Bertz CT molecular complexity index is 555. The molecule has 0 aliphatic carbocycles. The van der Waals surface area contributed by atoms with Crippen LogP contribution in [0.4, 0.5) is 13.2 Å². The molecule has 2 rings (SSSR count). The molecular weight excluding hydrogens is 339 g/mol. The average Bonchev–Trinajstić information content (AvgIpc) is 2.37. The highest BCUT2D eigenvalue weighted by Crippen LogP contribution is 2.30. The van der Waals surface area contributed by atoms with Gasteiger partial charge in [-0.3, -0.25) is 0 Å². The van der Waals surface area contributed by atoms with Crippen LogP contribution in [0.2, 0.25) is 0 Å². The molecule has 0 saturated heterocycles. The molecule has 0 aliphatic rings. The molecule has 1 aromatic carbocycles. The number of pyridine rings is 1. The molecular formula is C13H9BrF3NS. The van der Waals surface area contributed by atoms with Crippen LogP contribution in [-0.4, -0.2) is 4.98 Å². The second-order valence-electron chi connectivity index (χ2n) is 3.76. The number of halogens is 4. The summed E-state index contributed by atoms with van der Waals surface area (Å²) in [5.74, 6) is 0.653. The minimum Gasteiger partial charge on any atom is -0.249 e. The lowest BCUT2D eigenvalue weighted by molar-refractivity contribution is -0.137. The Hall–Kier alpha value is -1.01. The van der Waals surface area contributed by atoms with Gasteiger partial charge >= 0.3 is 6.18 Å².